The molecule has 2 amide bonds. The fourth-order valence-electron chi connectivity index (χ4n) is 7.38. The van der Waals surface area contributed by atoms with Gasteiger partial charge in [-0.1, -0.05) is 60.7 Å². The molecule has 7 rings (SSSR count). The smallest absolute Gasteiger partial charge is 0.392 e. The Labute approximate surface area is 311 Å². The van der Waals surface area contributed by atoms with E-state index < -0.39 is 30.3 Å². The highest BCUT2D eigenvalue weighted by Gasteiger charge is 2.47. The van der Waals surface area contributed by atoms with Crippen molar-refractivity contribution in [1.29, 1.82) is 0 Å². The molecule has 2 N–H and O–H groups in total. The van der Waals surface area contributed by atoms with E-state index in [-0.39, 0.29) is 38.3 Å². The van der Waals surface area contributed by atoms with Crippen LogP contribution in [0, 0.1) is 0 Å². The number of nitrogens with zero attached hydrogens (tertiary/aromatic N) is 5. The Morgan fingerprint density at radius 2 is 1.56 bits per heavy atom. The Morgan fingerprint density at radius 1 is 0.833 bits per heavy atom. The number of carbonyl (C=O) groups excluding carboxylic acids is 2. The number of amides is 2. The van der Waals surface area contributed by atoms with Gasteiger partial charge in [-0.2, -0.15) is 13.2 Å². The number of hydrogen-bond donors (Lipinski definition) is 2. The topological polar surface area (TPSA) is 120 Å². The van der Waals surface area contributed by atoms with Crippen LogP contribution in [0.2, 0.25) is 0 Å². The summed E-state index contributed by atoms with van der Waals surface area (Å²) in [5.41, 5.74) is 5.21. The van der Waals surface area contributed by atoms with Gasteiger partial charge in [-0.3, -0.25) is 14.5 Å². The summed E-state index contributed by atoms with van der Waals surface area (Å²) in [4.78, 5) is 38.8. The summed E-state index contributed by atoms with van der Waals surface area (Å²) in [6, 6.07) is 23.9. The van der Waals surface area contributed by atoms with Gasteiger partial charge in [0.05, 0.1) is 18.8 Å². The SMILES string of the molecule is O=C(NCc1cccc(-c2cccc([C@H]3O[C@@H](CN4CCN(c5ncccn5)CC4)C[C@@H](c4ccc(CO)cc4)O3)c2)c1)[C@@H]1CCCN1C(=O)C(F)(F)F. The molecule has 4 aromatic rings. The Bertz CT molecular complexity index is 1890. The molecule has 3 aliphatic heterocycles. The van der Waals surface area contributed by atoms with E-state index in [0.29, 0.717) is 17.7 Å². The molecule has 4 atom stereocenters. The number of ether oxygens (including phenoxy) is 2. The van der Waals surface area contributed by atoms with Crippen LogP contribution < -0.4 is 10.2 Å². The molecular formula is C40H43F3N6O5. The zero-order valence-corrected chi connectivity index (χ0v) is 29.7. The lowest BCUT2D eigenvalue weighted by atomic mass is 9.98. The summed E-state index contributed by atoms with van der Waals surface area (Å²) >= 11 is 0. The van der Waals surface area contributed by atoms with Gasteiger partial charge in [0.2, 0.25) is 11.9 Å². The molecule has 0 radical (unpaired) electrons. The van der Waals surface area contributed by atoms with Gasteiger partial charge in [-0.25, -0.2) is 9.97 Å². The second kappa shape index (κ2) is 16.6. The van der Waals surface area contributed by atoms with Gasteiger partial charge in [0.1, 0.15) is 6.04 Å². The van der Waals surface area contributed by atoms with Gasteiger partial charge in [0.15, 0.2) is 6.29 Å². The first-order chi connectivity index (χ1) is 26.1. The molecule has 4 heterocycles. The minimum Gasteiger partial charge on any atom is -0.392 e. The van der Waals surface area contributed by atoms with Crippen molar-refractivity contribution in [2.75, 3.05) is 44.2 Å². The van der Waals surface area contributed by atoms with Crippen molar-refractivity contribution in [2.24, 2.45) is 0 Å². The van der Waals surface area contributed by atoms with Gasteiger partial charge in [0.25, 0.3) is 0 Å². The number of hydrogen-bond acceptors (Lipinski definition) is 9. The molecule has 11 nitrogen and oxygen atoms in total. The van der Waals surface area contributed by atoms with Crippen LogP contribution in [0.1, 0.15) is 53.9 Å². The molecule has 0 saturated carbocycles. The van der Waals surface area contributed by atoms with Crippen molar-refractivity contribution in [3.05, 3.63) is 114 Å². The molecule has 3 aromatic carbocycles. The molecule has 0 aliphatic carbocycles. The summed E-state index contributed by atoms with van der Waals surface area (Å²) in [6.45, 7) is 3.99. The number of carbonyl (C=O) groups is 2. The summed E-state index contributed by atoms with van der Waals surface area (Å²) in [7, 11) is 0. The van der Waals surface area contributed by atoms with Gasteiger partial charge >= 0.3 is 12.1 Å². The maximum absolute atomic E-state index is 13.1. The molecule has 3 saturated heterocycles. The summed E-state index contributed by atoms with van der Waals surface area (Å²) in [5, 5.41) is 12.3. The van der Waals surface area contributed by atoms with Crippen LogP contribution in [0.5, 0.6) is 0 Å². The third-order valence-corrected chi connectivity index (χ3v) is 10.2. The van der Waals surface area contributed by atoms with Crippen molar-refractivity contribution in [3.8, 4) is 11.1 Å². The highest BCUT2D eigenvalue weighted by atomic mass is 19.4. The molecule has 3 fully saturated rings. The van der Waals surface area contributed by atoms with E-state index in [1.54, 1.807) is 12.4 Å². The highest BCUT2D eigenvalue weighted by molar-refractivity contribution is 5.90. The molecule has 14 heteroatoms. The number of nitrogens with one attached hydrogen (secondary N) is 1. The second-order valence-electron chi connectivity index (χ2n) is 13.9. The van der Waals surface area contributed by atoms with Crippen LogP contribution in [0.25, 0.3) is 11.1 Å². The fourth-order valence-corrected chi connectivity index (χ4v) is 7.38. The summed E-state index contributed by atoms with van der Waals surface area (Å²) < 4.78 is 52.6. The van der Waals surface area contributed by atoms with Crippen LogP contribution in [0.3, 0.4) is 0 Å². The normalized spacial score (nSPS) is 22.3. The van der Waals surface area contributed by atoms with Crippen LogP contribution in [0.15, 0.2) is 91.3 Å². The van der Waals surface area contributed by atoms with Crippen LogP contribution in [0.4, 0.5) is 19.1 Å². The minimum atomic E-state index is -5.03. The van der Waals surface area contributed by atoms with Gasteiger partial charge in [-0.15, -0.1) is 0 Å². The Kier molecular flexibility index (Phi) is 11.5. The third kappa shape index (κ3) is 8.90. The van der Waals surface area contributed by atoms with Crippen molar-refractivity contribution >= 4 is 17.8 Å². The number of halogens is 3. The highest BCUT2D eigenvalue weighted by Crippen LogP contribution is 2.39. The fraction of sp³-hybridized carbons (Fsp3) is 0.400. The lowest BCUT2D eigenvalue weighted by molar-refractivity contribution is -0.253. The van der Waals surface area contributed by atoms with E-state index >= 15 is 0 Å². The number of anilines is 1. The van der Waals surface area contributed by atoms with E-state index in [4.69, 9.17) is 9.47 Å². The van der Waals surface area contributed by atoms with Gasteiger partial charge in [0, 0.05) is 70.2 Å². The molecule has 0 unspecified atom stereocenters. The largest absolute Gasteiger partial charge is 0.471 e. The average molecular weight is 745 g/mol. The van der Waals surface area contributed by atoms with Crippen molar-refractivity contribution in [1.82, 2.24) is 25.1 Å². The zero-order valence-electron chi connectivity index (χ0n) is 29.7. The number of aliphatic hydroxyl groups excluding tert-OH is 1. The lowest BCUT2D eigenvalue weighted by Crippen LogP contribution is -2.50. The Hall–Kier alpha value is -4.89. The Morgan fingerprint density at radius 3 is 2.28 bits per heavy atom. The predicted octanol–water partition coefficient (Wildman–Crippen LogP) is 5.17. The molecule has 0 bridgehead atoms. The lowest BCUT2D eigenvalue weighted by Gasteiger charge is -2.40. The van der Waals surface area contributed by atoms with Crippen LogP contribution in [-0.2, 0) is 32.2 Å². The molecule has 3 aliphatic rings. The average Bonchev–Trinajstić information content (AvgIpc) is 3.70. The van der Waals surface area contributed by atoms with Crippen LogP contribution >= 0.6 is 0 Å². The van der Waals surface area contributed by atoms with E-state index in [1.807, 2.05) is 78.9 Å². The van der Waals surface area contributed by atoms with E-state index in [2.05, 4.69) is 25.1 Å². The van der Waals surface area contributed by atoms with E-state index in [9.17, 15) is 27.9 Å². The molecule has 0 spiro atoms. The molecular weight excluding hydrogens is 701 g/mol. The first kappa shape index (κ1) is 37.4. The number of aliphatic hydroxyl groups is 1. The number of piperazine rings is 1. The number of rotatable bonds is 10. The molecule has 284 valence electrons. The van der Waals surface area contributed by atoms with Crippen molar-refractivity contribution in [3.63, 3.8) is 0 Å². The van der Waals surface area contributed by atoms with E-state index in [0.717, 1.165) is 72.1 Å². The molecule has 1 aromatic heterocycles. The number of alkyl halides is 3. The van der Waals surface area contributed by atoms with Gasteiger partial charge < -0.3 is 29.7 Å². The quantitative estimate of drug-likeness (QED) is 0.227. The molecule has 54 heavy (non-hydrogen) atoms. The zero-order chi connectivity index (χ0) is 37.7. The standard InChI is InChI=1S/C40H43F3N6O5/c41-40(42,43)38(52)49-16-3-9-34(49)36(51)46-24-28-5-1-6-30(21-28)31-7-2-8-32(22-31)37-53-33(23-35(54-37)29-12-10-27(26-50)11-13-29)25-47-17-19-48(20-18-47)39-44-14-4-15-45-39/h1-2,4-8,10-15,21-22,33-35,37,50H,3,9,16-20,23-26H2,(H,46,51)/t33-,34+,35+,37+/m1/s1. The number of likely N-dealkylation sites (tertiary alicyclic amines) is 1. The summed E-state index contributed by atoms with van der Waals surface area (Å²) in [5.74, 6) is -1.85. The first-order valence-electron chi connectivity index (χ1n) is 18.2. The van der Waals surface area contributed by atoms with Crippen molar-refractivity contribution < 1.29 is 37.3 Å². The summed E-state index contributed by atoms with van der Waals surface area (Å²) in [6.07, 6.45) is -1.35. The van der Waals surface area contributed by atoms with E-state index in [1.165, 1.54) is 0 Å². The second-order valence-corrected chi connectivity index (χ2v) is 13.9. The minimum absolute atomic E-state index is 0.0391. The predicted molar refractivity (Wildman–Crippen MR) is 194 cm³/mol. The van der Waals surface area contributed by atoms with Crippen LogP contribution in [-0.4, -0.2) is 94.3 Å². The monoisotopic (exact) mass is 744 g/mol. The maximum atomic E-state index is 13.1. The first-order valence-corrected chi connectivity index (χ1v) is 18.2. The number of benzene rings is 3. The number of aromatic nitrogens is 2. The van der Waals surface area contributed by atoms with Gasteiger partial charge in [-0.05, 0) is 58.9 Å². The Balaban J connectivity index is 1.04. The van der Waals surface area contributed by atoms with Crippen molar-refractivity contribution in [2.45, 2.75) is 63.1 Å². The third-order valence-electron chi connectivity index (χ3n) is 10.2. The maximum Gasteiger partial charge on any atom is 0.471 e.